The summed E-state index contributed by atoms with van der Waals surface area (Å²) in [6.45, 7) is 6.33. The molecule has 0 spiro atoms. The average molecular weight is 596 g/mol. The van der Waals surface area contributed by atoms with Crippen molar-refractivity contribution in [3.05, 3.63) is 89.6 Å². The first kappa shape index (κ1) is 29.9. The topological polar surface area (TPSA) is 145 Å². The van der Waals surface area contributed by atoms with E-state index in [-0.39, 0.29) is 18.1 Å². The first-order valence-electron chi connectivity index (χ1n) is 15.6. The number of piperidine rings is 1. The largest absolute Gasteiger partial charge is 0.378 e. The van der Waals surface area contributed by atoms with Gasteiger partial charge in [0.25, 0.3) is 5.91 Å². The van der Waals surface area contributed by atoms with Crippen LogP contribution in [0.15, 0.2) is 67.1 Å². The molecule has 1 saturated heterocycles. The minimum Gasteiger partial charge on any atom is -0.378 e. The number of rotatable bonds is 12. The number of nitrogens with two attached hydrogens (primary N) is 1. The highest BCUT2D eigenvalue weighted by Gasteiger charge is 2.30. The number of carbonyl (C=O) groups is 1. The number of aromatic nitrogens is 5. The number of benzene rings is 2. The number of nitrogens with one attached hydrogen (secondary N) is 3. The van der Waals surface area contributed by atoms with E-state index in [4.69, 9.17) is 10.5 Å². The number of amides is 1. The summed E-state index contributed by atoms with van der Waals surface area (Å²) < 4.78 is 8.32. The van der Waals surface area contributed by atoms with Crippen molar-refractivity contribution in [2.75, 3.05) is 31.6 Å². The van der Waals surface area contributed by atoms with Crippen molar-refractivity contribution < 1.29 is 9.53 Å². The first-order valence-corrected chi connectivity index (χ1v) is 15.6. The standard InChI is InChI=1S/C33H41N9O2/c1-2-22-18-35-12-10-25(22)19-38-33(43)24-7-5-8-26(16-24)37-20-30-40-41-32(28-11-13-36-21-39-28)42(30)14-15-44-29-17-23-6-3-4-9-27(23)31(29)34/h3-9,11,13,16,21-22,25,29,31,35,37H,2,10,12,14-15,17-20,34H2,1H3,(H,38,43). The number of hydrogen-bond donors (Lipinski definition) is 4. The quantitative estimate of drug-likeness (QED) is 0.194. The van der Waals surface area contributed by atoms with Crippen LogP contribution < -0.4 is 21.7 Å². The van der Waals surface area contributed by atoms with Gasteiger partial charge in [-0.3, -0.25) is 4.79 Å². The number of fused-ring (bicyclic) bond motifs is 1. The summed E-state index contributed by atoms with van der Waals surface area (Å²) in [5.41, 5.74) is 11.0. The third kappa shape index (κ3) is 6.80. The highest BCUT2D eigenvalue weighted by atomic mass is 16.5. The second-order valence-corrected chi connectivity index (χ2v) is 11.6. The molecule has 1 aliphatic heterocycles. The first-order chi connectivity index (χ1) is 21.6. The van der Waals surface area contributed by atoms with Crippen molar-refractivity contribution in [3.63, 3.8) is 0 Å². The van der Waals surface area contributed by atoms with E-state index in [0.717, 1.165) is 49.4 Å². The SMILES string of the molecule is CCC1CNCCC1CNC(=O)c1cccc(NCc2nnc(-c3ccncn3)n2CCOC2Cc3ccccc3C2N)c1. The Morgan fingerprint density at radius 3 is 2.89 bits per heavy atom. The highest BCUT2D eigenvalue weighted by Crippen LogP contribution is 2.31. The Labute approximate surface area is 258 Å². The fraction of sp³-hybridized carbons (Fsp3) is 0.424. The lowest BCUT2D eigenvalue weighted by Gasteiger charge is -2.31. The zero-order valence-electron chi connectivity index (χ0n) is 25.2. The van der Waals surface area contributed by atoms with Crippen LogP contribution >= 0.6 is 0 Å². The highest BCUT2D eigenvalue weighted by molar-refractivity contribution is 5.95. The molecule has 0 bridgehead atoms. The molecule has 4 atom stereocenters. The van der Waals surface area contributed by atoms with Gasteiger partial charge in [-0.05, 0) is 66.7 Å². The Kier molecular flexibility index (Phi) is 9.55. The number of carbonyl (C=O) groups excluding carboxylic acids is 1. The third-order valence-electron chi connectivity index (χ3n) is 8.91. The van der Waals surface area contributed by atoms with Crippen LogP contribution in [0.5, 0.6) is 0 Å². The summed E-state index contributed by atoms with van der Waals surface area (Å²) in [5, 5.41) is 19.0. The van der Waals surface area contributed by atoms with E-state index in [1.165, 1.54) is 11.9 Å². The van der Waals surface area contributed by atoms with Gasteiger partial charge in [0.2, 0.25) is 0 Å². The summed E-state index contributed by atoms with van der Waals surface area (Å²) in [5.74, 6) is 2.42. The van der Waals surface area contributed by atoms with Crippen molar-refractivity contribution in [2.24, 2.45) is 17.6 Å². The van der Waals surface area contributed by atoms with Gasteiger partial charge in [-0.25, -0.2) is 9.97 Å². The van der Waals surface area contributed by atoms with Gasteiger partial charge in [-0.1, -0.05) is 43.7 Å². The summed E-state index contributed by atoms with van der Waals surface area (Å²) in [4.78, 5) is 21.5. The molecule has 2 aliphatic rings. The van der Waals surface area contributed by atoms with Gasteiger partial charge in [0.05, 0.1) is 25.3 Å². The van der Waals surface area contributed by atoms with E-state index < -0.39 is 0 Å². The second-order valence-electron chi connectivity index (χ2n) is 11.6. The minimum atomic E-state index is -0.146. The maximum absolute atomic E-state index is 13.0. The van der Waals surface area contributed by atoms with E-state index in [1.807, 2.05) is 47.0 Å². The van der Waals surface area contributed by atoms with Gasteiger partial charge in [0, 0.05) is 37.0 Å². The van der Waals surface area contributed by atoms with E-state index >= 15 is 0 Å². The molecular formula is C33H41N9O2. The predicted molar refractivity (Wildman–Crippen MR) is 169 cm³/mol. The normalized spacial score (nSPS) is 21.1. The second kappa shape index (κ2) is 14.1. The minimum absolute atomic E-state index is 0.0549. The van der Waals surface area contributed by atoms with Crippen LogP contribution in [0.25, 0.3) is 11.5 Å². The summed E-state index contributed by atoms with van der Waals surface area (Å²) in [6, 6.07) is 17.5. The molecule has 1 aliphatic carbocycles. The molecule has 0 saturated carbocycles. The van der Waals surface area contributed by atoms with Crippen LogP contribution in [0, 0.1) is 11.8 Å². The van der Waals surface area contributed by atoms with E-state index in [2.05, 4.69) is 55.2 Å². The Morgan fingerprint density at radius 1 is 1.14 bits per heavy atom. The summed E-state index contributed by atoms with van der Waals surface area (Å²) >= 11 is 0. The van der Waals surface area contributed by atoms with Gasteiger partial charge in [-0.2, -0.15) is 0 Å². The van der Waals surface area contributed by atoms with Crippen LogP contribution in [0.1, 0.15) is 53.1 Å². The van der Waals surface area contributed by atoms with Crippen molar-refractivity contribution in [1.82, 2.24) is 35.4 Å². The van der Waals surface area contributed by atoms with Gasteiger partial charge in [0.15, 0.2) is 11.6 Å². The third-order valence-corrected chi connectivity index (χ3v) is 8.91. The molecule has 0 radical (unpaired) electrons. The number of ether oxygens (including phenoxy) is 1. The van der Waals surface area contributed by atoms with Gasteiger partial charge in [-0.15, -0.1) is 10.2 Å². The fourth-order valence-electron chi connectivity index (χ4n) is 6.36. The molecule has 4 aromatic rings. The molecule has 230 valence electrons. The molecule has 3 heterocycles. The summed E-state index contributed by atoms with van der Waals surface area (Å²) in [7, 11) is 0. The lowest BCUT2D eigenvalue weighted by molar-refractivity contribution is 0.0385. The van der Waals surface area contributed by atoms with E-state index in [1.54, 1.807) is 6.20 Å². The number of anilines is 1. The Balaban J connectivity index is 1.10. The predicted octanol–water partition coefficient (Wildman–Crippen LogP) is 3.35. The molecule has 11 nitrogen and oxygen atoms in total. The molecule has 2 aromatic carbocycles. The molecule has 11 heteroatoms. The van der Waals surface area contributed by atoms with Gasteiger partial charge < -0.3 is 31.0 Å². The lowest BCUT2D eigenvalue weighted by Crippen LogP contribution is -2.42. The lowest BCUT2D eigenvalue weighted by atomic mass is 9.84. The molecule has 2 aromatic heterocycles. The van der Waals surface area contributed by atoms with Crippen LogP contribution in [-0.4, -0.2) is 63.0 Å². The monoisotopic (exact) mass is 595 g/mol. The van der Waals surface area contributed by atoms with Crippen molar-refractivity contribution >= 4 is 11.6 Å². The van der Waals surface area contributed by atoms with Crippen LogP contribution in [0.3, 0.4) is 0 Å². The molecule has 6 rings (SSSR count). The van der Waals surface area contributed by atoms with Gasteiger partial charge >= 0.3 is 0 Å². The average Bonchev–Trinajstić information content (AvgIpc) is 3.63. The van der Waals surface area contributed by atoms with Crippen molar-refractivity contribution in [2.45, 2.75) is 51.4 Å². The fourth-order valence-corrected chi connectivity index (χ4v) is 6.36. The molecule has 44 heavy (non-hydrogen) atoms. The van der Waals surface area contributed by atoms with Crippen molar-refractivity contribution in [1.29, 1.82) is 0 Å². The Hall–Kier alpha value is -4.19. The number of nitrogens with zero attached hydrogens (tertiary/aromatic N) is 5. The van der Waals surface area contributed by atoms with Crippen molar-refractivity contribution in [3.8, 4) is 11.5 Å². The molecule has 5 N–H and O–H groups in total. The maximum atomic E-state index is 13.0. The summed E-state index contributed by atoms with van der Waals surface area (Å²) in [6.07, 6.45) is 6.11. The molecule has 1 fully saturated rings. The Bertz CT molecular complexity index is 1540. The van der Waals surface area contributed by atoms with E-state index in [9.17, 15) is 4.79 Å². The van der Waals surface area contributed by atoms with Crippen LogP contribution in [0.4, 0.5) is 5.69 Å². The smallest absolute Gasteiger partial charge is 0.251 e. The molecular weight excluding hydrogens is 554 g/mol. The zero-order valence-corrected chi connectivity index (χ0v) is 25.2. The molecule has 1 amide bonds. The Morgan fingerprint density at radius 2 is 2.05 bits per heavy atom. The number of hydrogen-bond acceptors (Lipinski definition) is 9. The van der Waals surface area contributed by atoms with Gasteiger partial charge in [0.1, 0.15) is 12.0 Å². The maximum Gasteiger partial charge on any atom is 0.251 e. The molecule has 4 unspecified atom stereocenters. The van der Waals surface area contributed by atoms with Crippen LogP contribution in [0.2, 0.25) is 0 Å². The zero-order chi connectivity index (χ0) is 30.3. The van der Waals surface area contributed by atoms with E-state index in [0.29, 0.717) is 55.2 Å². The van der Waals surface area contributed by atoms with Crippen LogP contribution in [-0.2, 0) is 24.2 Å².